The first-order valence-corrected chi connectivity index (χ1v) is 6.70. The Kier molecular flexibility index (Phi) is 5.90. The molecule has 0 amide bonds. The second kappa shape index (κ2) is 6.74. The van der Waals surface area contributed by atoms with E-state index in [9.17, 15) is 14.8 Å². The summed E-state index contributed by atoms with van der Waals surface area (Å²) >= 11 is 0. The summed E-state index contributed by atoms with van der Waals surface area (Å²) in [7, 11) is 0.160. The molecule has 0 aromatic carbocycles. The minimum atomic E-state index is -3.54. The first kappa shape index (κ1) is 15.7. The summed E-state index contributed by atoms with van der Waals surface area (Å²) in [5.74, 6) is 1.08. The maximum atomic E-state index is 11.8. The largest absolute Gasteiger partial charge is 0.387 e. The van der Waals surface area contributed by atoms with Crippen molar-refractivity contribution in [2.75, 3.05) is 21.3 Å². The number of methoxy groups -OCH3 is 1. The van der Waals surface area contributed by atoms with Crippen molar-refractivity contribution in [3.05, 3.63) is 11.9 Å². The molecule has 0 aromatic rings. The van der Waals surface area contributed by atoms with Crippen molar-refractivity contribution in [3.63, 3.8) is 0 Å². The van der Waals surface area contributed by atoms with E-state index in [0.29, 0.717) is 0 Å². The smallest absolute Gasteiger partial charge is 0.380 e. The highest BCUT2D eigenvalue weighted by molar-refractivity contribution is 7.57. The van der Waals surface area contributed by atoms with Crippen LogP contribution in [0.2, 0.25) is 0 Å². The topological polar surface area (TPSA) is 104 Å². The van der Waals surface area contributed by atoms with Gasteiger partial charge in [-0.2, -0.15) is 0 Å². The zero-order chi connectivity index (χ0) is 13.8. The highest BCUT2D eigenvalue weighted by Crippen LogP contribution is 2.49. The maximum Gasteiger partial charge on any atom is 0.380 e. The molecule has 106 valence electrons. The van der Waals surface area contributed by atoms with Crippen LogP contribution >= 0.6 is 7.60 Å². The van der Waals surface area contributed by atoms with Gasteiger partial charge in [0.15, 0.2) is 6.29 Å². The molecular formula is C9H17O8P. The molecule has 0 aliphatic carbocycles. The third-order valence-corrected chi connectivity index (χ3v) is 3.82. The molecule has 1 rings (SSSR count). The SMILES string of the molecule is COOP(=O)(/C=C\C1OC(O)C(OC)C1O)OC. The Morgan fingerprint density at radius 2 is 1.94 bits per heavy atom. The fraction of sp³-hybridized carbons (Fsp3) is 0.778. The molecule has 0 aromatic heterocycles. The zero-order valence-electron chi connectivity index (χ0n) is 10.3. The number of hydrogen-bond acceptors (Lipinski definition) is 8. The van der Waals surface area contributed by atoms with E-state index in [2.05, 4.69) is 14.1 Å². The Balaban J connectivity index is 2.70. The quantitative estimate of drug-likeness (QED) is 0.399. The molecule has 9 heteroatoms. The number of ether oxygens (including phenoxy) is 2. The third kappa shape index (κ3) is 3.59. The van der Waals surface area contributed by atoms with Crippen LogP contribution in [-0.4, -0.2) is 56.1 Å². The van der Waals surface area contributed by atoms with Crippen LogP contribution in [0.3, 0.4) is 0 Å². The molecule has 0 spiro atoms. The van der Waals surface area contributed by atoms with Gasteiger partial charge in [-0.25, -0.2) is 4.89 Å². The second-order valence-electron chi connectivity index (χ2n) is 3.49. The van der Waals surface area contributed by atoms with Crippen LogP contribution in [0.5, 0.6) is 0 Å². The Hall–Kier alpha value is -0.310. The van der Waals surface area contributed by atoms with Crippen LogP contribution in [-0.2, 0) is 28.1 Å². The summed E-state index contributed by atoms with van der Waals surface area (Å²) in [6.45, 7) is 0. The molecule has 5 unspecified atom stereocenters. The lowest BCUT2D eigenvalue weighted by atomic mass is 10.1. The van der Waals surface area contributed by atoms with E-state index < -0.39 is 32.2 Å². The summed E-state index contributed by atoms with van der Waals surface area (Å²) in [4.78, 5) is 4.29. The van der Waals surface area contributed by atoms with Crippen molar-refractivity contribution in [3.8, 4) is 0 Å². The predicted octanol–water partition coefficient (Wildman–Crippen LogP) is 0.0107. The van der Waals surface area contributed by atoms with Gasteiger partial charge in [0.2, 0.25) is 0 Å². The summed E-state index contributed by atoms with van der Waals surface area (Å²) in [6, 6.07) is 0. The number of hydrogen-bond donors (Lipinski definition) is 2. The Bertz CT molecular complexity index is 333. The van der Waals surface area contributed by atoms with Gasteiger partial charge in [0, 0.05) is 20.0 Å². The van der Waals surface area contributed by atoms with Crippen LogP contribution in [0, 0.1) is 0 Å². The summed E-state index contributed by atoms with van der Waals surface area (Å²) in [5.41, 5.74) is 0. The molecule has 1 saturated heterocycles. The van der Waals surface area contributed by atoms with E-state index in [4.69, 9.17) is 9.47 Å². The van der Waals surface area contributed by atoms with Crippen LogP contribution in [0.25, 0.3) is 0 Å². The minimum absolute atomic E-state index is 0.870. The highest BCUT2D eigenvalue weighted by atomic mass is 31.2. The lowest BCUT2D eigenvalue weighted by Crippen LogP contribution is -2.33. The first-order chi connectivity index (χ1) is 8.47. The van der Waals surface area contributed by atoms with E-state index in [1.54, 1.807) is 0 Å². The van der Waals surface area contributed by atoms with Gasteiger partial charge >= 0.3 is 7.60 Å². The van der Waals surface area contributed by atoms with Crippen LogP contribution in [0.1, 0.15) is 0 Å². The summed E-state index contributed by atoms with van der Waals surface area (Å²) in [6.07, 6.45) is -2.84. The lowest BCUT2D eigenvalue weighted by molar-refractivity contribution is -0.184. The maximum absolute atomic E-state index is 11.8. The van der Waals surface area contributed by atoms with Crippen molar-refractivity contribution in [1.29, 1.82) is 0 Å². The fourth-order valence-electron chi connectivity index (χ4n) is 1.50. The first-order valence-electron chi connectivity index (χ1n) is 5.09. The normalized spacial score (nSPS) is 36.1. The number of aliphatic hydroxyl groups excluding tert-OH is 2. The van der Waals surface area contributed by atoms with Gasteiger partial charge in [-0.05, 0) is 6.08 Å². The second-order valence-corrected chi connectivity index (χ2v) is 5.38. The molecule has 1 aliphatic rings. The molecule has 2 N–H and O–H groups in total. The molecule has 0 bridgehead atoms. The van der Waals surface area contributed by atoms with Crippen molar-refractivity contribution in [1.82, 2.24) is 0 Å². The van der Waals surface area contributed by atoms with Gasteiger partial charge in [-0.1, -0.05) is 0 Å². The van der Waals surface area contributed by atoms with Crippen LogP contribution < -0.4 is 0 Å². The van der Waals surface area contributed by atoms with Gasteiger partial charge in [-0.3, -0.25) is 4.57 Å². The van der Waals surface area contributed by atoms with Gasteiger partial charge in [0.05, 0.1) is 7.11 Å². The van der Waals surface area contributed by atoms with Gasteiger partial charge in [0.25, 0.3) is 0 Å². The molecule has 8 nitrogen and oxygen atoms in total. The lowest BCUT2D eigenvalue weighted by Gasteiger charge is -2.14. The van der Waals surface area contributed by atoms with E-state index in [1.807, 2.05) is 0 Å². The standard InChI is InChI=1S/C9H17O8P/c1-13-8-7(10)6(16-9(8)11)4-5-18(12,15-3)17-14-2/h4-11H,1-3H3/b5-4-. The third-order valence-electron chi connectivity index (χ3n) is 2.41. The average molecular weight is 284 g/mol. The molecule has 1 aliphatic heterocycles. The Labute approximate surface area is 105 Å². The van der Waals surface area contributed by atoms with Crippen molar-refractivity contribution >= 4 is 7.60 Å². The zero-order valence-corrected chi connectivity index (χ0v) is 11.1. The highest BCUT2D eigenvalue weighted by Gasteiger charge is 2.42. The summed E-state index contributed by atoms with van der Waals surface area (Å²) in [5, 5.41) is 19.2. The van der Waals surface area contributed by atoms with Crippen LogP contribution in [0.15, 0.2) is 11.9 Å². The molecule has 0 saturated carbocycles. The van der Waals surface area contributed by atoms with Gasteiger partial charge < -0.3 is 24.2 Å². The average Bonchev–Trinajstić information content (AvgIpc) is 2.62. The van der Waals surface area contributed by atoms with Crippen molar-refractivity contribution < 1.29 is 38.3 Å². The van der Waals surface area contributed by atoms with Crippen molar-refractivity contribution in [2.45, 2.75) is 24.6 Å². The molecule has 18 heavy (non-hydrogen) atoms. The van der Waals surface area contributed by atoms with Gasteiger partial charge in [-0.15, -0.1) is 4.67 Å². The molecule has 5 atom stereocenters. The van der Waals surface area contributed by atoms with E-state index in [1.165, 1.54) is 27.4 Å². The Morgan fingerprint density at radius 1 is 1.28 bits per heavy atom. The Morgan fingerprint density at radius 3 is 2.39 bits per heavy atom. The van der Waals surface area contributed by atoms with E-state index in [-0.39, 0.29) is 0 Å². The molecule has 0 radical (unpaired) electrons. The van der Waals surface area contributed by atoms with E-state index >= 15 is 0 Å². The predicted molar refractivity (Wildman–Crippen MR) is 59.5 cm³/mol. The van der Waals surface area contributed by atoms with Crippen LogP contribution in [0.4, 0.5) is 0 Å². The number of aliphatic hydroxyl groups is 2. The fourth-order valence-corrected chi connectivity index (χ4v) is 2.32. The monoisotopic (exact) mass is 284 g/mol. The molecule has 1 fully saturated rings. The summed E-state index contributed by atoms with van der Waals surface area (Å²) < 4.78 is 30.8. The molecular weight excluding hydrogens is 267 g/mol. The van der Waals surface area contributed by atoms with E-state index in [0.717, 1.165) is 5.82 Å². The minimum Gasteiger partial charge on any atom is -0.387 e. The van der Waals surface area contributed by atoms with Gasteiger partial charge in [0.1, 0.15) is 18.3 Å². The molecule has 1 heterocycles. The number of rotatable bonds is 6. The van der Waals surface area contributed by atoms with Crippen molar-refractivity contribution in [2.24, 2.45) is 0 Å².